The molecule has 0 aliphatic rings. The molecule has 3 nitrogen and oxygen atoms in total. The van der Waals surface area contributed by atoms with Gasteiger partial charge < -0.3 is 0 Å². The first kappa shape index (κ1) is 18.7. The molecule has 4 rings (SSSR count). The lowest BCUT2D eigenvalue weighted by molar-refractivity contribution is -0.191. The Bertz CT molecular complexity index is 1070. The lowest BCUT2D eigenvalue weighted by atomic mass is 10.0. The molecule has 0 radical (unpaired) electrons. The highest BCUT2D eigenvalue weighted by Crippen LogP contribution is 2.31. The van der Waals surface area contributed by atoms with Crippen LogP contribution in [0.2, 0.25) is 5.02 Å². The number of thiazole rings is 1. The van der Waals surface area contributed by atoms with Crippen LogP contribution in [0.3, 0.4) is 0 Å². The van der Waals surface area contributed by atoms with Crippen LogP contribution < -0.4 is 0 Å². The summed E-state index contributed by atoms with van der Waals surface area (Å²) < 4.78 is 0. The second-order valence-electron chi connectivity index (χ2n) is 5.58. The van der Waals surface area contributed by atoms with Crippen LogP contribution in [0.4, 0.5) is 0 Å². The standard InChI is InChI=1S/C21H14ClNS.CO2/c22-19-11-5-9-17(13-19)16-8-4-10-18(12-16)20-14-24-21(23-20)15-6-2-1-3-7-15;2-1-3/h1-14H;. The van der Waals surface area contributed by atoms with Gasteiger partial charge in [0.25, 0.3) is 0 Å². The summed E-state index contributed by atoms with van der Waals surface area (Å²) in [5, 5.41) is 3.90. The van der Waals surface area contributed by atoms with E-state index in [1.165, 1.54) is 0 Å². The molecule has 4 aromatic rings. The van der Waals surface area contributed by atoms with Crippen molar-refractivity contribution >= 4 is 29.1 Å². The average Bonchev–Trinajstić information content (AvgIpc) is 3.20. The predicted octanol–water partition coefficient (Wildman–Crippen LogP) is 6.21. The summed E-state index contributed by atoms with van der Waals surface area (Å²) in [6.45, 7) is 0. The van der Waals surface area contributed by atoms with Crippen molar-refractivity contribution in [2.45, 2.75) is 0 Å². The summed E-state index contributed by atoms with van der Waals surface area (Å²) >= 11 is 7.78. The Hall–Kier alpha value is -3.04. The van der Waals surface area contributed by atoms with Crippen molar-refractivity contribution in [3.05, 3.63) is 89.3 Å². The SMILES string of the molecule is Clc1cccc(-c2cccc(-c3csc(-c4ccccc4)n3)c2)c1.O=C=O. The molecular weight excluding hydrogens is 378 g/mol. The largest absolute Gasteiger partial charge is 0.373 e. The van der Waals surface area contributed by atoms with Crippen LogP contribution in [0.1, 0.15) is 0 Å². The highest BCUT2D eigenvalue weighted by molar-refractivity contribution is 7.13. The van der Waals surface area contributed by atoms with Gasteiger partial charge in [-0.05, 0) is 29.3 Å². The van der Waals surface area contributed by atoms with Crippen molar-refractivity contribution in [1.29, 1.82) is 0 Å². The topological polar surface area (TPSA) is 47.0 Å². The van der Waals surface area contributed by atoms with Gasteiger partial charge in [-0.25, -0.2) is 4.98 Å². The van der Waals surface area contributed by atoms with E-state index in [1.807, 2.05) is 36.4 Å². The average molecular weight is 392 g/mol. The molecule has 132 valence electrons. The molecule has 0 atom stereocenters. The summed E-state index contributed by atoms with van der Waals surface area (Å²) in [5.41, 5.74) is 5.53. The maximum Gasteiger partial charge on any atom is 0.373 e. The number of aromatic nitrogens is 1. The van der Waals surface area contributed by atoms with Crippen molar-refractivity contribution in [2.24, 2.45) is 0 Å². The van der Waals surface area contributed by atoms with Gasteiger partial charge in [0.1, 0.15) is 5.01 Å². The molecule has 0 saturated carbocycles. The maximum absolute atomic E-state index is 8.12. The number of nitrogens with zero attached hydrogens (tertiary/aromatic N) is 1. The Labute approximate surface area is 165 Å². The Balaban J connectivity index is 0.000000659. The first-order valence-electron chi connectivity index (χ1n) is 8.08. The molecule has 0 unspecified atom stereocenters. The quantitative estimate of drug-likeness (QED) is 0.416. The van der Waals surface area contributed by atoms with Crippen LogP contribution >= 0.6 is 22.9 Å². The van der Waals surface area contributed by atoms with E-state index in [0.717, 1.165) is 38.0 Å². The number of hydrogen-bond acceptors (Lipinski definition) is 4. The molecular formula is C22H14ClNO2S. The number of benzene rings is 3. The van der Waals surface area contributed by atoms with Gasteiger partial charge >= 0.3 is 6.15 Å². The normalized spacial score (nSPS) is 9.81. The van der Waals surface area contributed by atoms with Gasteiger partial charge in [-0.15, -0.1) is 11.3 Å². The van der Waals surface area contributed by atoms with Crippen molar-refractivity contribution in [2.75, 3.05) is 0 Å². The number of hydrogen-bond donors (Lipinski definition) is 0. The number of halogens is 1. The van der Waals surface area contributed by atoms with Gasteiger partial charge in [-0.1, -0.05) is 72.3 Å². The molecule has 0 bridgehead atoms. The zero-order valence-corrected chi connectivity index (χ0v) is 15.7. The smallest absolute Gasteiger partial charge is 0.236 e. The van der Waals surface area contributed by atoms with Crippen LogP contribution in [-0.4, -0.2) is 11.1 Å². The Morgan fingerprint density at radius 3 is 2.04 bits per heavy atom. The van der Waals surface area contributed by atoms with Crippen molar-refractivity contribution in [3.63, 3.8) is 0 Å². The molecule has 0 spiro atoms. The minimum Gasteiger partial charge on any atom is -0.236 e. The third-order valence-corrected chi connectivity index (χ3v) is 4.97. The van der Waals surface area contributed by atoms with E-state index in [2.05, 4.69) is 47.8 Å². The van der Waals surface area contributed by atoms with E-state index < -0.39 is 0 Å². The van der Waals surface area contributed by atoms with Crippen LogP contribution in [0, 0.1) is 0 Å². The minimum atomic E-state index is 0.250. The third-order valence-electron chi connectivity index (χ3n) is 3.84. The Kier molecular flexibility index (Phi) is 6.29. The zero-order valence-electron chi connectivity index (χ0n) is 14.1. The third kappa shape index (κ3) is 4.78. The second-order valence-corrected chi connectivity index (χ2v) is 6.87. The summed E-state index contributed by atoms with van der Waals surface area (Å²) in [6.07, 6.45) is 0.250. The van der Waals surface area contributed by atoms with E-state index in [9.17, 15) is 0 Å². The summed E-state index contributed by atoms with van der Waals surface area (Å²) in [7, 11) is 0. The van der Waals surface area contributed by atoms with Gasteiger partial charge in [-0.3, -0.25) is 0 Å². The van der Waals surface area contributed by atoms with Gasteiger partial charge in [0.05, 0.1) is 5.69 Å². The maximum atomic E-state index is 8.12. The fourth-order valence-corrected chi connectivity index (χ4v) is 3.67. The van der Waals surface area contributed by atoms with Crippen LogP contribution in [-0.2, 0) is 9.59 Å². The number of rotatable bonds is 3. The molecule has 5 heteroatoms. The van der Waals surface area contributed by atoms with Gasteiger partial charge in [0.2, 0.25) is 0 Å². The molecule has 0 aliphatic heterocycles. The van der Waals surface area contributed by atoms with E-state index >= 15 is 0 Å². The van der Waals surface area contributed by atoms with Crippen molar-refractivity contribution < 1.29 is 9.59 Å². The highest BCUT2D eigenvalue weighted by Gasteiger charge is 2.08. The van der Waals surface area contributed by atoms with Crippen LogP contribution in [0.15, 0.2) is 84.2 Å². The van der Waals surface area contributed by atoms with E-state index in [0.29, 0.717) is 0 Å². The van der Waals surface area contributed by atoms with Gasteiger partial charge in [-0.2, -0.15) is 9.59 Å². The Morgan fingerprint density at radius 2 is 1.33 bits per heavy atom. The zero-order chi connectivity index (χ0) is 19.1. The van der Waals surface area contributed by atoms with Gasteiger partial charge in [0, 0.05) is 21.5 Å². The fraction of sp³-hybridized carbons (Fsp3) is 0. The molecule has 27 heavy (non-hydrogen) atoms. The predicted molar refractivity (Wildman–Crippen MR) is 108 cm³/mol. The van der Waals surface area contributed by atoms with Crippen molar-refractivity contribution in [3.8, 4) is 33.0 Å². The van der Waals surface area contributed by atoms with Crippen LogP contribution in [0.25, 0.3) is 33.0 Å². The van der Waals surface area contributed by atoms with Crippen molar-refractivity contribution in [1.82, 2.24) is 4.98 Å². The summed E-state index contributed by atoms with van der Waals surface area (Å²) in [4.78, 5) is 21.0. The lowest BCUT2D eigenvalue weighted by Gasteiger charge is -2.04. The molecule has 0 fully saturated rings. The summed E-state index contributed by atoms with van der Waals surface area (Å²) in [5.74, 6) is 0. The summed E-state index contributed by atoms with van der Waals surface area (Å²) in [6, 6.07) is 26.6. The minimum absolute atomic E-state index is 0.250. The molecule has 0 aliphatic carbocycles. The van der Waals surface area contributed by atoms with E-state index in [1.54, 1.807) is 11.3 Å². The molecule has 3 aromatic carbocycles. The number of carbonyl (C=O) groups excluding carboxylic acids is 2. The van der Waals surface area contributed by atoms with E-state index in [-0.39, 0.29) is 6.15 Å². The Morgan fingerprint density at radius 1 is 0.741 bits per heavy atom. The second kappa shape index (κ2) is 9.06. The van der Waals surface area contributed by atoms with E-state index in [4.69, 9.17) is 26.2 Å². The first-order chi connectivity index (χ1) is 13.2. The lowest BCUT2D eigenvalue weighted by Crippen LogP contribution is -1.82. The fourth-order valence-electron chi connectivity index (χ4n) is 2.65. The van der Waals surface area contributed by atoms with Gasteiger partial charge in [0.15, 0.2) is 0 Å². The first-order valence-corrected chi connectivity index (χ1v) is 9.33. The monoisotopic (exact) mass is 391 g/mol. The highest BCUT2D eigenvalue weighted by atomic mass is 35.5. The molecule has 0 saturated heterocycles. The molecule has 1 heterocycles. The molecule has 0 N–H and O–H groups in total. The molecule has 1 aromatic heterocycles. The van der Waals surface area contributed by atoms with Crippen LogP contribution in [0.5, 0.6) is 0 Å². The molecule has 0 amide bonds.